The molecular weight excluding hydrogens is 256 g/mol. The van der Waals surface area contributed by atoms with E-state index in [2.05, 4.69) is 38.0 Å². The number of likely N-dealkylation sites (N-methyl/N-ethyl adjacent to an activating group) is 2. The molecule has 0 radical (unpaired) electrons. The van der Waals surface area contributed by atoms with Crippen molar-refractivity contribution in [3.63, 3.8) is 0 Å². The van der Waals surface area contributed by atoms with Gasteiger partial charge in [0, 0.05) is 18.1 Å². The van der Waals surface area contributed by atoms with E-state index in [9.17, 15) is 0 Å². The van der Waals surface area contributed by atoms with Crippen molar-refractivity contribution in [1.82, 2.24) is 10.2 Å². The molecule has 2 heteroatoms. The van der Waals surface area contributed by atoms with Crippen molar-refractivity contribution < 1.29 is 0 Å². The zero-order chi connectivity index (χ0) is 15.3. The predicted octanol–water partition coefficient (Wildman–Crippen LogP) is 4.59. The minimum absolute atomic E-state index is 0.583. The summed E-state index contributed by atoms with van der Waals surface area (Å²) in [6.45, 7) is 8.27. The van der Waals surface area contributed by atoms with Gasteiger partial charge in [0.25, 0.3) is 0 Å². The maximum atomic E-state index is 3.80. The Morgan fingerprint density at radius 1 is 0.952 bits per heavy atom. The van der Waals surface area contributed by atoms with E-state index in [0.29, 0.717) is 5.41 Å². The summed E-state index contributed by atoms with van der Waals surface area (Å²) in [6.07, 6.45) is 14.1. The van der Waals surface area contributed by atoms with Gasteiger partial charge in [-0.15, -0.1) is 0 Å². The highest BCUT2D eigenvalue weighted by molar-refractivity contribution is 4.90. The van der Waals surface area contributed by atoms with Crippen molar-refractivity contribution >= 4 is 0 Å². The van der Waals surface area contributed by atoms with E-state index in [0.717, 1.165) is 24.7 Å². The van der Waals surface area contributed by atoms with E-state index in [1.165, 1.54) is 64.2 Å². The van der Waals surface area contributed by atoms with E-state index >= 15 is 0 Å². The molecule has 2 saturated carbocycles. The van der Waals surface area contributed by atoms with Gasteiger partial charge in [-0.25, -0.2) is 0 Å². The molecule has 1 N–H and O–H groups in total. The highest BCUT2D eigenvalue weighted by Crippen LogP contribution is 2.38. The van der Waals surface area contributed by atoms with Crippen LogP contribution in [0.4, 0.5) is 0 Å². The highest BCUT2D eigenvalue weighted by atomic mass is 15.2. The van der Waals surface area contributed by atoms with Gasteiger partial charge in [0.1, 0.15) is 0 Å². The van der Waals surface area contributed by atoms with E-state index in [1.807, 2.05) is 0 Å². The second-order valence-corrected chi connectivity index (χ2v) is 8.28. The maximum absolute atomic E-state index is 3.80. The molecule has 0 amide bonds. The summed E-state index contributed by atoms with van der Waals surface area (Å²) in [5, 5.41) is 3.80. The first-order valence-corrected chi connectivity index (χ1v) is 9.49. The molecule has 2 aliphatic rings. The second kappa shape index (κ2) is 7.97. The van der Waals surface area contributed by atoms with Gasteiger partial charge in [-0.2, -0.15) is 0 Å². The third-order valence-electron chi connectivity index (χ3n) is 6.10. The zero-order valence-corrected chi connectivity index (χ0v) is 15.0. The van der Waals surface area contributed by atoms with Crippen LogP contribution in [0.3, 0.4) is 0 Å². The molecule has 0 aromatic carbocycles. The minimum atomic E-state index is 0.583. The van der Waals surface area contributed by atoms with Crippen LogP contribution in [-0.4, -0.2) is 36.6 Å². The van der Waals surface area contributed by atoms with Gasteiger partial charge in [-0.05, 0) is 57.5 Å². The molecule has 21 heavy (non-hydrogen) atoms. The predicted molar refractivity (Wildman–Crippen MR) is 92.8 cm³/mol. The van der Waals surface area contributed by atoms with Crippen molar-refractivity contribution in [2.24, 2.45) is 5.41 Å². The van der Waals surface area contributed by atoms with E-state index in [1.54, 1.807) is 0 Å². The first-order valence-electron chi connectivity index (χ1n) is 9.49. The van der Waals surface area contributed by atoms with Gasteiger partial charge in [0.2, 0.25) is 0 Å². The Balaban J connectivity index is 1.97. The second-order valence-electron chi connectivity index (χ2n) is 8.28. The average molecular weight is 295 g/mol. The van der Waals surface area contributed by atoms with Gasteiger partial charge >= 0.3 is 0 Å². The van der Waals surface area contributed by atoms with Crippen LogP contribution in [0, 0.1) is 5.41 Å². The van der Waals surface area contributed by atoms with Gasteiger partial charge in [-0.3, -0.25) is 4.90 Å². The van der Waals surface area contributed by atoms with Crippen molar-refractivity contribution in [2.45, 2.75) is 103 Å². The molecule has 0 spiro atoms. The van der Waals surface area contributed by atoms with E-state index in [4.69, 9.17) is 0 Å². The van der Waals surface area contributed by atoms with Crippen LogP contribution in [0.2, 0.25) is 0 Å². The molecule has 0 saturated heterocycles. The van der Waals surface area contributed by atoms with Gasteiger partial charge in [0.05, 0.1) is 0 Å². The Morgan fingerprint density at radius 3 is 2.19 bits per heavy atom. The summed E-state index contributed by atoms with van der Waals surface area (Å²) < 4.78 is 0. The molecule has 0 aromatic heterocycles. The molecule has 0 aliphatic heterocycles. The quantitative estimate of drug-likeness (QED) is 0.816. The van der Waals surface area contributed by atoms with Crippen LogP contribution < -0.4 is 5.32 Å². The zero-order valence-electron chi connectivity index (χ0n) is 15.0. The lowest BCUT2D eigenvalue weighted by Gasteiger charge is -2.45. The summed E-state index contributed by atoms with van der Waals surface area (Å²) >= 11 is 0. The van der Waals surface area contributed by atoms with Crippen LogP contribution >= 0.6 is 0 Å². The largest absolute Gasteiger partial charge is 0.313 e. The fourth-order valence-corrected chi connectivity index (χ4v) is 4.51. The Morgan fingerprint density at radius 2 is 1.57 bits per heavy atom. The van der Waals surface area contributed by atoms with Crippen molar-refractivity contribution in [1.29, 1.82) is 0 Å². The minimum Gasteiger partial charge on any atom is -0.313 e. The molecule has 2 fully saturated rings. The lowest BCUT2D eigenvalue weighted by molar-refractivity contribution is 0.0677. The number of hydrogen-bond acceptors (Lipinski definition) is 2. The van der Waals surface area contributed by atoms with Crippen molar-refractivity contribution in [2.75, 3.05) is 13.6 Å². The lowest BCUT2D eigenvalue weighted by Crippen LogP contribution is -2.53. The Bertz CT molecular complexity index is 290. The third kappa shape index (κ3) is 4.96. The van der Waals surface area contributed by atoms with Crippen molar-refractivity contribution in [3.8, 4) is 0 Å². The molecule has 124 valence electrons. The molecule has 0 heterocycles. The van der Waals surface area contributed by atoms with Gasteiger partial charge in [0.15, 0.2) is 0 Å². The van der Waals surface area contributed by atoms with Gasteiger partial charge < -0.3 is 5.32 Å². The average Bonchev–Trinajstić information content (AvgIpc) is 2.41. The monoisotopic (exact) mass is 294 g/mol. The molecule has 2 atom stereocenters. The first kappa shape index (κ1) is 17.3. The summed E-state index contributed by atoms with van der Waals surface area (Å²) in [4.78, 5) is 2.77. The number of hydrogen-bond donors (Lipinski definition) is 1. The molecule has 2 aliphatic carbocycles. The number of nitrogens with zero attached hydrogens (tertiary/aromatic N) is 1. The molecule has 0 aromatic rings. The fraction of sp³-hybridized carbons (Fsp3) is 1.00. The SMILES string of the molecule is CCNC1CCCCCCC1N(C)C1CCC(C)(C)CC1. The summed E-state index contributed by atoms with van der Waals surface area (Å²) in [6, 6.07) is 2.30. The van der Waals surface area contributed by atoms with E-state index in [-0.39, 0.29) is 0 Å². The number of nitrogens with one attached hydrogen (secondary N) is 1. The number of rotatable bonds is 4. The highest BCUT2D eigenvalue weighted by Gasteiger charge is 2.34. The Kier molecular flexibility index (Phi) is 6.55. The lowest BCUT2D eigenvalue weighted by atomic mass is 9.75. The van der Waals surface area contributed by atoms with Crippen LogP contribution in [-0.2, 0) is 0 Å². The summed E-state index contributed by atoms with van der Waals surface area (Å²) in [5.41, 5.74) is 0.583. The molecule has 2 nitrogen and oxygen atoms in total. The topological polar surface area (TPSA) is 15.3 Å². The summed E-state index contributed by atoms with van der Waals surface area (Å²) in [5.74, 6) is 0. The maximum Gasteiger partial charge on any atom is 0.0249 e. The third-order valence-corrected chi connectivity index (χ3v) is 6.10. The van der Waals surface area contributed by atoms with Crippen LogP contribution in [0.25, 0.3) is 0 Å². The standard InChI is InChI=1S/C19H38N2/c1-5-20-17-10-8-6-7-9-11-18(17)21(4)16-12-14-19(2,3)15-13-16/h16-18,20H,5-15H2,1-4H3. The van der Waals surface area contributed by atoms with Crippen LogP contribution in [0.5, 0.6) is 0 Å². The van der Waals surface area contributed by atoms with Gasteiger partial charge in [-0.1, -0.05) is 46.5 Å². The Hall–Kier alpha value is -0.0800. The van der Waals surface area contributed by atoms with E-state index < -0.39 is 0 Å². The smallest absolute Gasteiger partial charge is 0.0249 e. The Labute approximate surface area is 133 Å². The van der Waals surface area contributed by atoms with Crippen LogP contribution in [0.1, 0.15) is 85.0 Å². The normalized spacial score (nSPS) is 31.9. The molecule has 2 unspecified atom stereocenters. The van der Waals surface area contributed by atoms with Crippen LogP contribution in [0.15, 0.2) is 0 Å². The molecule has 2 rings (SSSR count). The molecular formula is C19H38N2. The fourth-order valence-electron chi connectivity index (χ4n) is 4.51. The summed E-state index contributed by atoms with van der Waals surface area (Å²) in [7, 11) is 2.42. The molecule has 0 bridgehead atoms. The first-order chi connectivity index (χ1) is 10.0. The van der Waals surface area contributed by atoms with Crippen molar-refractivity contribution in [3.05, 3.63) is 0 Å².